The van der Waals surface area contributed by atoms with E-state index in [2.05, 4.69) is 5.32 Å². The number of hydrogen-bond acceptors (Lipinski definition) is 3. The molecule has 2 amide bonds. The molecule has 0 saturated carbocycles. The van der Waals surface area contributed by atoms with E-state index in [1.807, 2.05) is 0 Å². The molecular weight excluding hydrogens is 242 g/mol. The molecule has 0 saturated heterocycles. The van der Waals surface area contributed by atoms with Crippen LogP contribution in [0.25, 0.3) is 0 Å². The number of nitrogens with one attached hydrogen (secondary N) is 1. The van der Waals surface area contributed by atoms with E-state index in [4.69, 9.17) is 23.1 Å². The molecule has 0 heterocycles. The van der Waals surface area contributed by atoms with Crippen LogP contribution in [-0.2, 0) is 4.79 Å². The van der Waals surface area contributed by atoms with Crippen LogP contribution < -0.4 is 16.8 Å². The zero-order valence-electron chi connectivity index (χ0n) is 9.37. The number of hydrogen-bond donors (Lipinski definition) is 3. The molecule has 0 aliphatic carbocycles. The van der Waals surface area contributed by atoms with Gasteiger partial charge in [-0.05, 0) is 24.6 Å². The Kier molecular flexibility index (Phi) is 4.48. The van der Waals surface area contributed by atoms with Crippen LogP contribution in [0, 0.1) is 0 Å². The zero-order valence-corrected chi connectivity index (χ0v) is 10.1. The molecule has 0 aliphatic heterocycles. The largest absolute Gasteiger partial charge is 0.366 e. The summed E-state index contributed by atoms with van der Waals surface area (Å²) < 4.78 is 0. The lowest BCUT2D eigenvalue weighted by Gasteiger charge is -2.11. The molecule has 0 fully saturated rings. The minimum atomic E-state index is -0.608. The fraction of sp³-hybridized carbons (Fsp3) is 0.273. The summed E-state index contributed by atoms with van der Waals surface area (Å²) in [7, 11) is 0. The monoisotopic (exact) mass is 255 g/mol. The molecule has 1 rings (SSSR count). The first-order valence-corrected chi connectivity index (χ1v) is 5.49. The number of rotatable bonds is 4. The molecule has 5 N–H and O–H groups in total. The van der Waals surface area contributed by atoms with Crippen molar-refractivity contribution < 1.29 is 9.59 Å². The molecule has 1 aromatic rings. The maximum Gasteiger partial charge on any atom is 0.248 e. The lowest BCUT2D eigenvalue weighted by Crippen LogP contribution is -2.34. The number of carbonyl (C=O) groups excluding carboxylic acids is 2. The molecule has 1 aromatic carbocycles. The number of primary amides is 1. The maximum absolute atomic E-state index is 11.6. The molecule has 1 atom stereocenters. The van der Waals surface area contributed by atoms with E-state index >= 15 is 0 Å². The van der Waals surface area contributed by atoms with Gasteiger partial charge in [-0.3, -0.25) is 9.59 Å². The van der Waals surface area contributed by atoms with Crippen molar-refractivity contribution in [1.29, 1.82) is 0 Å². The van der Waals surface area contributed by atoms with Crippen molar-refractivity contribution in [3.05, 3.63) is 28.8 Å². The molecule has 0 radical (unpaired) electrons. The summed E-state index contributed by atoms with van der Waals surface area (Å²) in [6, 6.07) is 3.79. The lowest BCUT2D eigenvalue weighted by atomic mass is 10.1. The van der Waals surface area contributed by atoms with Crippen LogP contribution in [0.2, 0.25) is 5.02 Å². The molecule has 6 heteroatoms. The first-order chi connectivity index (χ1) is 7.95. The SMILES string of the molecule is CCC(N)C(=O)Nc1cc(C(N)=O)ccc1Cl. The molecular formula is C11H14ClN3O2. The second-order valence-corrected chi connectivity index (χ2v) is 3.97. The van der Waals surface area contributed by atoms with Crippen LogP contribution in [-0.4, -0.2) is 17.9 Å². The van der Waals surface area contributed by atoms with E-state index in [1.165, 1.54) is 18.2 Å². The quantitative estimate of drug-likeness (QED) is 0.752. The molecule has 0 bridgehead atoms. The van der Waals surface area contributed by atoms with E-state index in [-0.39, 0.29) is 11.5 Å². The number of benzene rings is 1. The summed E-state index contributed by atoms with van der Waals surface area (Å²) in [5, 5.41) is 2.88. The van der Waals surface area contributed by atoms with Gasteiger partial charge in [-0.1, -0.05) is 18.5 Å². The highest BCUT2D eigenvalue weighted by atomic mass is 35.5. The second-order valence-electron chi connectivity index (χ2n) is 3.56. The fourth-order valence-corrected chi connectivity index (χ4v) is 1.35. The minimum absolute atomic E-state index is 0.273. The summed E-state index contributed by atoms with van der Waals surface area (Å²) >= 11 is 5.89. The first kappa shape index (κ1) is 13.5. The van der Waals surface area contributed by atoms with Gasteiger partial charge in [-0.2, -0.15) is 0 Å². The molecule has 1 unspecified atom stereocenters. The van der Waals surface area contributed by atoms with E-state index < -0.39 is 11.9 Å². The third-order valence-electron chi connectivity index (χ3n) is 2.29. The van der Waals surface area contributed by atoms with E-state index in [1.54, 1.807) is 6.92 Å². The second kappa shape index (κ2) is 5.65. The lowest BCUT2D eigenvalue weighted by molar-refractivity contribution is -0.117. The van der Waals surface area contributed by atoms with Gasteiger partial charge in [0.05, 0.1) is 16.8 Å². The fourth-order valence-electron chi connectivity index (χ4n) is 1.19. The molecule has 92 valence electrons. The van der Waals surface area contributed by atoms with Crippen LogP contribution >= 0.6 is 11.6 Å². The third kappa shape index (κ3) is 3.44. The predicted octanol–water partition coefficient (Wildman–Crippen LogP) is 1.11. The average molecular weight is 256 g/mol. The van der Waals surface area contributed by atoms with Gasteiger partial charge in [0, 0.05) is 5.56 Å². The smallest absolute Gasteiger partial charge is 0.248 e. The van der Waals surface area contributed by atoms with E-state index in [9.17, 15) is 9.59 Å². The predicted molar refractivity (Wildman–Crippen MR) is 66.9 cm³/mol. The first-order valence-electron chi connectivity index (χ1n) is 5.11. The highest BCUT2D eigenvalue weighted by molar-refractivity contribution is 6.34. The number of nitrogens with two attached hydrogens (primary N) is 2. The summed E-state index contributed by atoms with van der Waals surface area (Å²) in [5.74, 6) is -0.937. The van der Waals surface area contributed by atoms with Crippen LogP contribution in [0.15, 0.2) is 18.2 Å². The van der Waals surface area contributed by atoms with Crippen molar-refractivity contribution in [2.45, 2.75) is 19.4 Å². The number of halogens is 1. The van der Waals surface area contributed by atoms with Gasteiger partial charge in [0.2, 0.25) is 11.8 Å². The van der Waals surface area contributed by atoms with Crippen molar-refractivity contribution in [2.75, 3.05) is 5.32 Å². The van der Waals surface area contributed by atoms with Gasteiger partial charge >= 0.3 is 0 Å². The summed E-state index contributed by atoms with van der Waals surface area (Å²) in [4.78, 5) is 22.5. The van der Waals surface area contributed by atoms with Crippen molar-refractivity contribution >= 4 is 29.1 Å². The Balaban J connectivity index is 2.94. The normalized spacial score (nSPS) is 11.9. The molecule has 5 nitrogen and oxygen atoms in total. The van der Waals surface area contributed by atoms with Crippen molar-refractivity contribution in [2.24, 2.45) is 11.5 Å². The van der Waals surface area contributed by atoms with Crippen LogP contribution in [0.4, 0.5) is 5.69 Å². The molecule has 17 heavy (non-hydrogen) atoms. The number of carbonyl (C=O) groups is 2. The van der Waals surface area contributed by atoms with Crippen LogP contribution in [0.5, 0.6) is 0 Å². The Labute approximate surface area is 104 Å². The molecule has 0 aromatic heterocycles. The summed E-state index contributed by atoms with van der Waals surface area (Å²) in [6.07, 6.45) is 0.513. The number of amides is 2. The van der Waals surface area contributed by atoms with E-state index in [0.717, 1.165) is 0 Å². The van der Waals surface area contributed by atoms with Gasteiger partial charge in [0.15, 0.2) is 0 Å². The van der Waals surface area contributed by atoms with Crippen molar-refractivity contribution in [1.82, 2.24) is 0 Å². The standard InChI is InChI=1S/C11H14ClN3O2/c1-2-8(13)11(17)15-9-5-6(10(14)16)3-4-7(9)12/h3-5,8H,2,13H2,1H3,(H2,14,16)(H,15,17). The zero-order chi connectivity index (χ0) is 13.0. The van der Waals surface area contributed by atoms with Gasteiger partial charge in [0.1, 0.15) is 0 Å². The highest BCUT2D eigenvalue weighted by Crippen LogP contribution is 2.23. The average Bonchev–Trinajstić information content (AvgIpc) is 2.30. The number of anilines is 1. The molecule has 0 spiro atoms. The van der Waals surface area contributed by atoms with Gasteiger partial charge in [-0.25, -0.2) is 0 Å². The van der Waals surface area contributed by atoms with Crippen LogP contribution in [0.3, 0.4) is 0 Å². The topological polar surface area (TPSA) is 98.2 Å². The summed E-state index contributed by atoms with van der Waals surface area (Å²) in [6.45, 7) is 1.80. The van der Waals surface area contributed by atoms with Gasteiger partial charge in [0.25, 0.3) is 0 Å². The van der Waals surface area contributed by atoms with Gasteiger partial charge in [-0.15, -0.1) is 0 Å². The van der Waals surface area contributed by atoms with Crippen molar-refractivity contribution in [3.8, 4) is 0 Å². The minimum Gasteiger partial charge on any atom is -0.366 e. The van der Waals surface area contributed by atoms with Crippen LogP contribution in [0.1, 0.15) is 23.7 Å². The Hall–Kier alpha value is -1.59. The Bertz CT molecular complexity index is 448. The summed E-state index contributed by atoms with van der Waals surface area (Å²) in [5.41, 5.74) is 11.3. The maximum atomic E-state index is 11.6. The van der Waals surface area contributed by atoms with Crippen molar-refractivity contribution in [3.63, 3.8) is 0 Å². The molecule has 0 aliphatic rings. The van der Waals surface area contributed by atoms with Gasteiger partial charge < -0.3 is 16.8 Å². The Morgan fingerprint density at radius 1 is 1.47 bits per heavy atom. The highest BCUT2D eigenvalue weighted by Gasteiger charge is 2.13. The van der Waals surface area contributed by atoms with E-state index in [0.29, 0.717) is 17.1 Å². The third-order valence-corrected chi connectivity index (χ3v) is 2.61. The Morgan fingerprint density at radius 3 is 2.65 bits per heavy atom. The Morgan fingerprint density at radius 2 is 2.12 bits per heavy atom.